The van der Waals surface area contributed by atoms with Gasteiger partial charge in [0.15, 0.2) is 17.2 Å². The van der Waals surface area contributed by atoms with Gasteiger partial charge in [0.25, 0.3) is 0 Å². The fraction of sp³-hybridized carbons (Fsp3) is 0.320. The van der Waals surface area contributed by atoms with Crippen LogP contribution in [-0.2, 0) is 11.3 Å². The van der Waals surface area contributed by atoms with Crippen LogP contribution in [0, 0.1) is 0 Å². The number of aromatic hydroxyl groups is 2. The molecule has 0 spiro atoms. The summed E-state index contributed by atoms with van der Waals surface area (Å²) in [6, 6.07) is 10.2. The van der Waals surface area contributed by atoms with Crippen molar-refractivity contribution in [2.24, 2.45) is 0 Å². The van der Waals surface area contributed by atoms with E-state index in [4.69, 9.17) is 16.1 Å². The minimum absolute atomic E-state index is 0.0371. The van der Waals surface area contributed by atoms with E-state index in [0.717, 1.165) is 24.6 Å². The highest BCUT2D eigenvalue weighted by atomic mass is 35.5. The molecule has 33 heavy (non-hydrogen) atoms. The van der Waals surface area contributed by atoms with Gasteiger partial charge in [0.05, 0.1) is 22.7 Å². The van der Waals surface area contributed by atoms with E-state index in [9.17, 15) is 19.8 Å². The van der Waals surface area contributed by atoms with Gasteiger partial charge in [-0.25, -0.2) is 0 Å². The van der Waals surface area contributed by atoms with Gasteiger partial charge < -0.3 is 14.7 Å². The number of phenols is 2. The van der Waals surface area contributed by atoms with E-state index >= 15 is 0 Å². The number of phenolic OH excluding ortho intramolecular Hbond substituents is 2. The normalized spacial score (nSPS) is 14.5. The standard InChI is InChI=1S/C25H25ClN2O5/c1-2-5-20(30)24-23(25(33-27-24)18-11-19(26)22(32)12-21(18)31)16-7-3-6-15(10-16)13-28-9-4-8-17(29)14-28/h3,6-7,10-12,31-32H,2,4-5,8-9,13-14H2,1H3. The third-order valence-electron chi connectivity index (χ3n) is 5.69. The van der Waals surface area contributed by atoms with Crippen LogP contribution < -0.4 is 0 Å². The maximum absolute atomic E-state index is 12.8. The molecule has 0 unspecified atom stereocenters. The van der Waals surface area contributed by atoms with Crippen LogP contribution in [0.5, 0.6) is 11.5 Å². The molecule has 1 aromatic heterocycles. The second-order valence-electron chi connectivity index (χ2n) is 8.28. The van der Waals surface area contributed by atoms with E-state index < -0.39 is 0 Å². The van der Waals surface area contributed by atoms with E-state index in [1.54, 1.807) is 0 Å². The second kappa shape index (κ2) is 9.77. The van der Waals surface area contributed by atoms with Crippen LogP contribution in [0.2, 0.25) is 5.02 Å². The van der Waals surface area contributed by atoms with Gasteiger partial charge in [-0.3, -0.25) is 14.5 Å². The molecule has 7 nitrogen and oxygen atoms in total. The Balaban J connectivity index is 1.79. The van der Waals surface area contributed by atoms with Crippen molar-refractivity contribution in [3.05, 3.63) is 52.7 Å². The number of carbonyl (C=O) groups excluding carboxylic acids is 2. The number of nitrogens with zero attached hydrogens (tertiary/aromatic N) is 2. The summed E-state index contributed by atoms with van der Waals surface area (Å²) in [7, 11) is 0. The summed E-state index contributed by atoms with van der Waals surface area (Å²) in [6.07, 6.45) is 2.43. The van der Waals surface area contributed by atoms with E-state index in [0.29, 0.717) is 43.5 Å². The average molecular weight is 469 g/mol. The fourth-order valence-corrected chi connectivity index (χ4v) is 4.30. The molecular formula is C25H25ClN2O5. The van der Waals surface area contributed by atoms with Crippen molar-refractivity contribution in [3.8, 4) is 33.9 Å². The maximum atomic E-state index is 12.8. The van der Waals surface area contributed by atoms with Gasteiger partial charge in [-0.2, -0.15) is 0 Å². The molecule has 1 saturated heterocycles. The Kier molecular flexibility index (Phi) is 6.81. The molecule has 4 rings (SSSR count). The van der Waals surface area contributed by atoms with E-state index in [-0.39, 0.29) is 45.1 Å². The highest BCUT2D eigenvalue weighted by Crippen LogP contribution is 2.43. The van der Waals surface area contributed by atoms with E-state index in [1.807, 2.05) is 31.2 Å². The van der Waals surface area contributed by atoms with Crippen molar-refractivity contribution in [2.45, 2.75) is 39.2 Å². The topological polar surface area (TPSA) is 104 Å². The van der Waals surface area contributed by atoms with Crippen LogP contribution in [0.25, 0.3) is 22.5 Å². The number of hydrogen-bond donors (Lipinski definition) is 2. The number of aromatic nitrogens is 1. The molecule has 1 fully saturated rings. The Morgan fingerprint density at radius 3 is 2.79 bits per heavy atom. The Morgan fingerprint density at radius 1 is 1.21 bits per heavy atom. The summed E-state index contributed by atoms with van der Waals surface area (Å²) in [4.78, 5) is 26.8. The molecule has 0 aliphatic carbocycles. The summed E-state index contributed by atoms with van der Waals surface area (Å²) in [6.45, 7) is 3.80. The maximum Gasteiger partial charge on any atom is 0.185 e. The number of rotatable bonds is 7. The summed E-state index contributed by atoms with van der Waals surface area (Å²) < 4.78 is 5.56. The minimum Gasteiger partial charge on any atom is -0.507 e. The highest BCUT2D eigenvalue weighted by Gasteiger charge is 2.26. The van der Waals surface area contributed by atoms with Crippen molar-refractivity contribution in [1.29, 1.82) is 0 Å². The molecule has 2 aromatic carbocycles. The number of hydrogen-bond acceptors (Lipinski definition) is 7. The largest absolute Gasteiger partial charge is 0.507 e. The molecule has 172 valence electrons. The Morgan fingerprint density at radius 2 is 2.03 bits per heavy atom. The Bertz CT molecular complexity index is 1200. The molecule has 2 heterocycles. The van der Waals surface area contributed by atoms with Crippen molar-refractivity contribution in [1.82, 2.24) is 10.1 Å². The molecule has 3 aromatic rings. The van der Waals surface area contributed by atoms with Gasteiger partial charge in [0.2, 0.25) is 0 Å². The average Bonchev–Trinajstić information content (AvgIpc) is 3.22. The highest BCUT2D eigenvalue weighted by molar-refractivity contribution is 6.32. The number of ketones is 2. The predicted molar refractivity (Wildman–Crippen MR) is 124 cm³/mol. The van der Waals surface area contributed by atoms with Crippen molar-refractivity contribution in [2.75, 3.05) is 13.1 Å². The lowest BCUT2D eigenvalue weighted by Gasteiger charge is -2.25. The van der Waals surface area contributed by atoms with Crippen LogP contribution in [-0.4, -0.2) is 44.9 Å². The van der Waals surface area contributed by atoms with E-state index in [2.05, 4.69) is 10.1 Å². The number of halogens is 1. The number of Topliss-reactive ketones (excluding diaryl/α,β-unsaturated/α-hetero) is 2. The summed E-state index contributed by atoms with van der Waals surface area (Å²) in [5, 5.41) is 24.3. The molecule has 0 saturated carbocycles. The first kappa shape index (κ1) is 23.0. The number of piperidine rings is 1. The molecule has 0 bridgehead atoms. The first-order chi connectivity index (χ1) is 15.9. The molecular weight excluding hydrogens is 444 g/mol. The lowest BCUT2D eigenvalue weighted by atomic mass is 9.95. The Labute approximate surface area is 196 Å². The molecule has 0 atom stereocenters. The summed E-state index contributed by atoms with van der Waals surface area (Å²) >= 11 is 6.08. The Hall–Kier alpha value is -3.16. The second-order valence-corrected chi connectivity index (χ2v) is 8.69. The van der Waals surface area contributed by atoms with Crippen LogP contribution in [0.1, 0.15) is 48.7 Å². The lowest BCUT2D eigenvalue weighted by molar-refractivity contribution is -0.122. The smallest absolute Gasteiger partial charge is 0.185 e. The minimum atomic E-state index is -0.264. The zero-order chi connectivity index (χ0) is 23.5. The molecule has 1 aliphatic rings. The van der Waals surface area contributed by atoms with Gasteiger partial charge >= 0.3 is 0 Å². The zero-order valence-corrected chi connectivity index (χ0v) is 19.1. The summed E-state index contributed by atoms with van der Waals surface area (Å²) in [5.74, 6) is -0.241. The number of likely N-dealkylation sites (tertiary alicyclic amines) is 1. The third-order valence-corrected chi connectivity index (χ3v) is 6.00. The lowest BCUT2D eigenvalue weighted by Crippen LogP contribution is -2.34. The van der Waals surface area contributed by atoms with Gasteiger partial charge in [-0.1, -0.05) is 41.9 Å². The molecule has 1 aliphatic heterocycles. The number of carbonyl (C=O) groups is 2. The quantitative estimate of drug-likeness (QED) is 0.458. The van der Waals surface area contributed by atoms with Gasteiger partial charge in [0.1, 0.15) is 17.3 Å². The first-order valence-electron chi connectivity index (χ1n) is 11.0. The van der Waals surface area contributed by atoms with Crippen molar-refractivity contribution >= 4 is 23.2 Å². The van der Waals surface area contributed by atoms with Crippen molar-refractivity contribution < 1.29 is 24.3 Å². The van der Waals surface area contributed by atoms with Gasteiger partial charge in [0, 0.05) is 25.5 Å². The molecule has 8 heteroatoms. The molecule has 0 radical (unpaired) electrons. The zero-order valence-electron chi connectivity index (χ0n) is 18.3. The first-order valence-corrected chi connectivity index (χ1v) is 11.3. The SMILES string of the molecule is CCCC(=O)c1noc(-c2cc(Cl)c(O)cc2O)c1-c1cccc(CN2CCCC(=O)C2)c1. The number of benzene rings is 2. The summed E-state index contributed by atoms with van der Waals surface area (Å²) in [5.41, 5.74) is 2.55. The van der Waals surface area contributed by atoms with Gasteiger partial charge in [-0.05, 0) is 42.6 Å². The van der Waals surface area contributed by atoms with Crippen LogP contribution in [0.3, 0.4) is 0 Å². The molecule has 2 N–H and O–H groups in total. The van der Waals surface area contributed by atoms with Crippen LogP contribution in [0.4, 0.5) is 0 Å². The van der Waals surface area contributed by atoms with Crippen LogP contribution in [0.15, 0.2) is 40.9 Å². The monoisotopic (exact) mass is 468 g/mol. The molecule has 0 amide bonds. The van der Waals surface area contributed by atoms with Gasteiger partial charge in [-0.15, -0.1) is 0 Å². The third kappa shape index (κ3) is 4.94. The fourth-order valence-electron chi connectivity index (χ4n) is 4.14. The van der Waals surface area contributed by atoms with Crippen molar-refractivity contribution in [3.63, 3.8) is 0 Å². The van der Waals surface area contributed by atoms with E-state index in [1.165, 1.54) is 6.07 Å². The predicted octanol–water partition coefficient (Wildman–Crippen LogP) is 5.22. The van der Waals surface area contributed by atoms with Crippen LogP contribution >= 0.6 is 11.6 Å².